The predicted molar refractivity (Wildman–Crippen MR) is 59.8 cm³/mol. The first-order valence-corrected chi connectivity index (χ1v) is 5.44. The number of carbonyl (C=O) groups excluding carboxylic acids is 2. The fraction of sp³-hybridized carbons (Fsp3) is 0.727. The molecule has 0 aliphatic heterocycles. The van der Waals surface area contributed by atoms with Crippen molar-refractivity contribution in [3.63, 3.8) is 0 Å². The second kappa shape index (κ2) is 3.06. The molecule has 0 heterocycles. The number of Topliss-reactive ketones (excluding diaryl/α,β-unsaturated/α-hetero) is 1. The minimum Gasteiger partial charge on any atom is -0.350 e. The number of hydrazone groups is 1. The van der Waals surface area contributed by atoms with E-state index >= 15 is 0 Å². The number of carbonyl (C=O) groups is 2. The maximum atomic E-state index is 11.9. The lowest BCUT2D eigenvalue weighted by atomic mass is 9.70. The van der Waals surface area contributed by atoms with Crippen molar-refractivity contribution in [3.8, 4) is 0 Å². The van der Waals surface area contributed by atoms with Crippen LogP contribution in [0.4, 0.5) is 4.79 Å². The van der Waals surface area contributed by atoms with E-state index in [0.29, 0.717) is 18.6 Å². The van der Waals surface area contributed by atoms with E-state index in [-0.39, 0.29) is 16.7 Å². The molecule has 88 valence electrons. The minimum atomic E-state index is -0.662. The van der Waals surface area contributed by atoms with Crippen molar-refractivity contribution >= 4 is 17.5 Å². The Bertz CT molecular complexity index is 400. The average Bonchev–Trinajstić information content (AvgIpc) is 2.45. The van der Waals surface area contributed by atoms with Gasteiger partial charge in [0.15, 0.2) is 0 Å². The van der Waals surface area contributed by atoms with E-state index < -0.39 is 6.03 Å². The zero-order valence-electron chi connectivity index (χ0n) is 9.83. The third-order valence-electron chi connectivity index (χ3n) is 4.54. The molecule has 0 spiro atoms. The van der Waals surface area contributed by atoms with Crippen molar-refractivity contribution in [2.75, 3.05) is 0 Å². The third-order valence-corrected chi connectivity index (χ3v) is 4.54. The molecule has 0 aromatic carbocycles. The summed E-state index contributed by atoms with van der Waals surface area (Å²) < 4.78 is 0. The summed E-state index contributed by atoms with van der Waals surface area (Å²) >= 11 is 0. The van der Waals surface area contributed by atoms with E-state index in [1.54, 1.807) is 0 Å². The van der Waals surface area contributed by atoms with Crippen LogP contribution < -0.4 is 11.2 Å². The molecule has 2 rings (SSSR count). The van der Waals surface area contributed by atoms with Crippen LogP contribution in [0, 0.1) is 16.7 Å². The fourth-order valence-corrected chi connectivity index (χ4v) is 3.00. The summed E-state index contributed by atoms with van der Waals surface area (Å²) in [4.78, 5) is 22.5. The standard InChI is InChI=1S/C11H17N3O2/c1-10(2)6-4-8(15)11(10,3)5-7(6)13-14-9(12)16/h6H,4-5H2,1-3H3,(H3,12,14,16)/b13-7+. The van der Waals surface area contributed by atoms with Crippen LogP contribution >= 0.6 is 0 Å². The van der Waals surface area contributed by atoms with Gasteiger partial charge in [-0.3, -0.25) is 4.79 Å². The van der Waals surface area contributed by atoms with Gasteiger partial charge in [-0.25, -0.2) is 10.2 Å². The molecule has 2 saturated carbocycles. The van der Waals surface area contributed by atoms with E-state index in [9.17, 15) is 9.59 Å². The molecule has 5 heteroatoms. The lowest BCUT2D eigenvalue weighted by Gasteiger charge is -2.31. The summed E-state index contributed by atoms with van der Waals surface area (Å²) in [6, 6.07) is -0.662. The number of nitrogens with two attached hydrogens (primary N) is 1. The maximum absolute atomic E-state index is 11.9. The molecule has 0 aromatic rings. The Labute approximate surface area is 94.5 Å². The number of urea groups is 1. The van der Waals surface area contributed by atoms with Crippen molar-refractivity contribution in [1.82, 2.24) is 5.43 Å². The predicted octanol–water partition coefficient (Wildman–Crippen LogP) is 1.04. The van der Waals surface area contributed by atoms with E-state index in [0.717, 1.165) is 5.71 Å². The molecule has 2 atom stereocenters. The zero-order valence-corrected chi connectivity index (χ0v) is 9.83. The number of ketones is 1. The molecule has 2 aliphatic rings. The van der Waals surface area contributed by atoms with Gasteiger partial charge in [0.05, 0.1) is 0 Å². The van der Waals surface area contributed by atoms with E-state index in [1.807, 2.05) is 6.92 Å². The Morgan fingerprint density at radius 2 is 2.12 bits per heavy atom. The molecule has 0 saturated heterocycles. The monoisotopic (exact) mass is 223 g/mol. The molecule has 2 amide bonds. The topological polar surface area (TPSA) is 84.5 Å². The van der Waals surface area contributed by atoms with Gasteiger partial charge in [0.1, 0.15) is 5.78 Å². The van der Waals surface area contributed by atoms with Crippen LogP contribution in [0.1, 0.15) is 33.6 Å². The first-order chi connectivity index (χ1) is 7.29. The number of primary amides is 1. The number of nitrogens with zero attached hydrogens (tertiary/aromatic N) is 1. The number of nitrogens with one attached hydrogen (secondary N) is 1. The smallest absolute Gasteiger partial charge is 0.332 e. The van der Waals surface area contributed by atoms with Crippen LogP contribution in [0.3, 0.4) is 0 Å². The highest BCUT2D eigenvalue weighted by Gasteiger charge is 2.64. The summed E-state index contributed by atoms with van der Waals surface area (Å²) in [7, 11) is 0. The summed E-state index contributed by atoms with van der Waals surface area (Å²) in [5.74, 6) is 0.442. The highest BCUT2D eigenvalue weighted by molar-refractivity contribution is 6.06. The van der Waals surface area contributed by atoms with Crippen LogP contribution in [0.5, 0.6) is 0 Å². The van der Waals surface area contributed by atoms with Gasteiger partial charge in [-0.15, -0.1) is 0 Å². The Morgan fingerprint density at radius 3 is 2.50 bits per heavy atom. The summed E-state index contributed by atoms with van der Waals surface area (Å²) in [6.45, 7) is 6.17. The fourth-order valence-electron chi connectivity index (χ4n) is 3.00. The molecule has 2 bridgehead atoms. The van der Waals surface area contributed by atoms with Crippen LogP contribution in [0.2, 0.25) is 0 Å². The molecule has 16 heavy (non-hydrogen) atoms. The van der Waals surface area contributed by atoms with Gasteiger partial charge in [0.2, 0.25) is 0 Å². The quantitative estimate of drug-likeness (QED) is 0.651. The van der Waals surface area contributed by atoms with Gasteiger partial charge in [-0.2, -0.15) is 5.10 Å². The van der Waals surface area contributed by atoms with Gasteiger partial charge < -0.3 is 5.73 Å². The first-order valence-electron chi connectivity index (χ1n) is 5.44. The Morgan fingerprint density at radius 1 is 1.50 bits per heavy atom. The van der Waals surface area contributed by atoms with Crippen molar-refractivity contribution in [2.45, 2.75) is 33.6 Å². The average molecular weight is 223 g/mol. The Kier molecular flexibility index (Phi) is 2.12. The lowest BCUT2D eigenvalue weighted by Crippen LogP contribution is -2.32. The third kappa shape index (κ3) is 1.20. The van der Waals surface area contributed by atoms with Crippen LogP contribution in [-0.2, 0) is 4.79 Å². The SMILES string of the molecule is CC12C/C(=N\NC(N)=O)C(CC1=O)C2(C)C. The largest absolute Gasteiger partial charge is 0.350 e. The van der Waals surface area contributed by atoms with Gasteiger partial charge in [0.25, 0.3) is 0 Å². The first kappa shape index (κ1) is 11.1. The summed E-state index contributed by atoms with van der Waals surface area (Å²) in [5, 5.41) is 4.02. The molecule has 2 unspecified atom stereocenters. The van der Waals surface area contributed by atoms with E-state index in [2.05, 4.69) is 24.4 Å². The molecule has 0 aromatic heterocycles. The molecule has 2 aliphatic carbocycles. The number of hydrogen-bond acceptors (Lipinski definition) is 3. The normalized spacial score (nSPS) is 38.1. The summed E-state index contributed by atoms with van der Waals surface area (Å²) in [5.41, 5.74) is 7.71. The highest BCUT2D eigenvalue weighted by Crippen LogP contribution is 2.62. The van der Waals surface area contributed by atoms with E-state index in [1.165, 1.54) is 0 Å². The van der Waals surface area contributed by atoms with Crippen molar-refractivity contribution in [2.24, 2.45) is 27.6 Å². The van der Waals surface area contributed by atoms with Crippen molar-refractivity contribution < 1.29 is 9.59 Å². The molecular formula is C11H17N3O2. The van der Waals surface area contributed by atoms with Crippen molar-refractivity contribution in [1.29, 1.82) is 0 Å². The van der Waals surface area contributed by atoms with Gasteiger partial charge in [-0.05, 0) is 5.41 Å². The zero-order chi connectivity index (χ0) is 12.1. The lowest BCUT2D eigenvalue weighted by molar-refractivity contribution is -0.127. The molecule has 3 N–H and O–H groups in total. The van der Waals surface area contributed by atoms with Gasteiger partial charge in [0, 0.05) is 29.9 Å². The number of hydrogen-bond donors (Lipinski definition) is 2. The summed E-state index contributed by atoms with van der Waals surface area (Å²) in [6.07, 6.45) is 1.16. The Hall–Kier alpha value is -1.39. The molecule has 5 nitrogen and oxygen atoms in total. The van der Waals surface area contributed by atoms with Gasteiger partial charge in [-0.1, -0.05) is 20.8 Å². The van der Waals surface area contributed by atoms with Crippen LogP contribution in [0.25, 0.3) is 0 Å². The van der Waals surface area contributed by atoms with Crippen LogP contribution in [0.15, 0.2) is 5.10 Å². The van der Waals surface area contributed by atoms with Crippen LogP contribution in [-0.4, -0.2) is 17.5 Å². The maximum Gasteiger partial charge on any atom is 0.332 e. The highest BCUT2D eigenvalue weighted by atomic mass is 16.2. The van der Waals surface area contributed by atoms with Crippen molar-refractivity contribution in [3.05, 3.63) is 0 Å². The number of amides is 2. The molecule has 2 fully saturated rings. The molecule has 0 radical (unpaired) electrons. The second-order valence-corrected chi connectivity index (χ2v) is 5.49. The number of fused-ring (bicyclic) bond motifs is 2. The number of rotatable bonds is 1. The second-order valence-electron chi connectivity index (χ2n) is 5.49. The van der Waals surface area contributed by atoms with E-state index in [4.69, 9.17) is 5.73 Å². The minimum absolute atomic E-state index is 0.0811. The Balaban J connectivity index is 2.30. The molecular weight excluding hydrogens is 206 g/mol. The van der Waals surface area contributed by atoms with Gasteiger partial charge >= 0.3 is 6.03 Å².